The molecule has 4 aromatic rings. The lowest BCUT2D eigenvalue weighted by molar-refractivity contribution is 1.38. The topological polar surface area (TPSA) is 12.9 Å². The summed E-state index contributed by atoms with van der Waals surface area (Å²) in [5.74, 6) is 0. The van der Waals surface area contributed by atoms with Gasteiger partial charge < -0.3 is 0 Å². The van der Waals surface area contributed by atoms with E-state index in [0.717, 1.165) is 11.0 Å². The van der Waals surface area contributed by atoms with Crippen LogP contribution in [0, 0.1) is 13.8 Å². The molecule has 0 saturated heterocycles. The average molecular weight is 309 g/mol. The third-order valence-corrected chi connectivity index (χ3v) is 4.49. The van der Waals surface area contributed by atoms with E-state index in [1.807, 2.05) is 12.1 Å². The van der Waals surface area contributed by atoms with Gasteiger partial charge in [-0.3, -0.25) is 0 Å². The number of nitrogens with zero attached hydrogens (tertiary/aromatic N) is 1. The quantitative estimate of drug-likeness (QED) is 0.403. The number of pyridine rings is 1. The first-order valence-corrected chi connectivity index (χ1v) is 8.25. The molecule has 0 aliphatic carbocycles. The van der Waals surface area contributed by atoms with Crippen LogP contribution >= 0.6 is 0 Å². The van der Waals surface area contributed by atoms with E-state index in [1.54, 1.807) is 0 Å². The highest BCUT2D eigenvalue weighted by molar-refractivity contribution is 6.04. The smallest absolute Gasteiger partial charge is 0.0715 e. The number of hydrogen-bond donors (Lipinski definition) is 0. The molecule has 0 N–H and O–H groups in total. The van der Waals surface area contributed by atoms with Gasteiger partial charge in [-0.1, -0.05) is 72.3 Å². The molecule has 0 atom stereocenters. The number of aryl methyl sites for hydroxylation is 2. The normalized spacial score (nSPS) is 11.6. The molecule has 1 nitrogen and oxygen atoms in total. The van der Waals surface area contributed by atoms with Crippen molar-refractivity contribution in [3.63, 3.8) is 0 Å². The van der Waals surface area contributed by atoms with Gasteiger partial charge in [0.25, 0.3) is 0 Å². The summed E-state index contributed by atoms with van der Waals surface area (Å²) in [6.45, 7) is 4.29. The lowest BCUT2D eigenvalue weighted by Gasteiger charge is -2.08. The average Bonchev–Trinajstić information content (AvgIpc) is 2.61. The van der Waals surface area contributed by atoms with Gasteiger partial charge in [0.05, 0.1) is 11.0 Å². The number of hydrogen-bond acceptors (Lipinski definition) is 1. The van der Waals surface area contributed by atoms with Crippen LogP contribution in [0.2, 0.25) is 0 Å². The van der Waals surface area contributed by atoms with E-state index in [4.69, 9.17) is 4.98 Å². The summed E-state index contributed by atoms with van der Waals surface area (Å²) in [6, 6.07) is 23.3. The maximum Gasteiger partial charge on any atom is 0.0715 e. The Morgan fingerprint density at radius 1 is 0.708 bits per heavy atom. The minimum Gasteiger partial charge on any atom is -0.248 e. The lowest BCUT2D eigenvalue weighted by atomic mass is 10.00. The van der Waals surface area contributed by atoms with Gasteiger partial charge in [0.15, 0.2) is 0 Å². The van der Waals surface area contributed by atoms with Crippen LogP contribution in [-0.4, -0.2) is 4.98 Å². The van der Waals surface area contributed by atoms with Crippen molar-refractivity contribution in [2.45, 2.75) is 13.8 Å². The van der Waals surface area contributed by atoms with E-state index in [0.29, 0.717) is 0 Å². The molecular formula is C23H19N. The van der Waals surface area contributed by atoms with Gasteiger partial charge in [0.2, 0.25) is 0 Å². The van der Waals surface area contributed by atoms with Crippen LogP contribution in [0.15, 0.2) is 66.7 Å². The second-order valence-electron chi connectivity index (χ2n) is 6.25. The fourth-order valence-corrected chi connectivity index (χ4v) is 3.16. The minimum absolute atomic E-state index is 1.04. The summed E-state index contributed by atoms with van der Waals surface area (Å²) in [5, 5.41) is 2.38. The van der Waals surface area contributed by atoms with Crippen molar-refractivity contribution in [1.82, 2.24) is 4.98 Å². The molecule has 3 aromatic carbocycles. The summed E-state index contributed by atoms with van der Waals surface area (Å²) in [7, 11) is 0. The van der Waals surface area contributed by atoms with Crippen molar-refractivity contribution in [1.29, 1.82) is 0 Å². The Balaban J connectivity index is 1.96. The zero-order chi connectivity index (χ0) is 16.5. The molecule has 1 heteroatoms. The van der Waals surface area contributed by atoms with Crippen molar-refractivity contribution in [3.05, 3.63) is 89.0 Å². The molecule has 0 aliphatic rings. The van der Waals surface area contributed by atoms with Crippen molar-refractivity contribution in [2.75, 3.05) is 0 Å². The Morgan fingerprint density at radius 2 is 1.33 bits per heavy atom. The molecule has 1 heterocycles. The van der Waals surface area contributed by atoms with Crippen LogP contribution < -0.4 is 0 Å². The largest absolute Gasteiger partial charge is 0.248 e. The van der Waals surface area contributed by atoms with Gasteiger partial charge in [0, 0.05) is 10.8 Å². The highest BCUT2D eigenvalue weighted by atomic mass is 14.7. The van der Waals surface area contributed by atoms with Crippen LogP contribution in [0.5, 0.6) is 0 Å². The Morgan fingerprint density at radius 3 is 2.00 bits per heavy atom. The Kier molecular flexibility index (Phi) is 3.62. The Hall–Kier alpha value is -2.93. The first-order valence-electron chi connectivity index (χ1n) is 8.25. The van der Waals surface area contributed by atoms with E-state index in [-0.39, 0.29) is 0 Å². The molecule has 0 radical (unpaired) electrons. The molecule has 0 fully saturated rings. The molecule has 4 rings (SSSR count). The molecule has 0 aliphatic heterocycles. The molecule has 1 aromatic heterocycles. The molecule has 0 amide bonds. The van der Waals surface area contributed by atoms with Crippen molar-refractivity contribution in [2.24, 2.45) is 0 Å². The van der Waals surface area contributed by atoms with Crippen LogP contribution in [0.25, 0.3) is 34.0 Å². The van der Waals surface area contributed by atoms with Gasteiger partial charge in [0.1, 0.15) is 0 Å². The molecule has 0 unspecified atom stereocenters. The zero-order valence-electron chi connectivity index (χ0n) is 14.0. The van der Waals surface area contributed by atoms with Crippen LogP contribution in [0.4, 0.5) is 0 Å². The first kappa shape index (κ1) is 14.6. The summed E-state index contributed by atoms with van der Waals surface area (Å²) < 4.78 is 0. The Bertz CT molecular complexity index is 1020. The SMILES string of the molecule is Cc1ccc(C)c(/C=C\c2c3ccccc3nc3ccccc23)c1. The van der Waals surface area contributed by atoms with E-state index < -0.39 is 0 Å². The number of benzene rings is 3. The summed E-state index contributed by atoms with van der Waals surface area (Å²) in [5.41, 5.74) is 7.15. The van der Waals surface area contributed by atoms with Gasteiger partial charge in [-0.25, -0.2) is 4.98 Å². The summed E-state index contributed by atoms with van der Waals surface area (Å²) in [4.78, 5) is 4.79. The highest BCUT2D eigenvalue weighted by Gasteiger charge is 2.06. The zero-order valence-corrected chi connectivity index (χ0v) is 14.0. The number of fused-ring (bicyclic) bond motifs is 2. The van der Waals surface area contributed by atoms with E-state index >= 15 is 0 Å². The molecule has 0 spiro atoms. The van der Waals surface area contributed by atoms with Crippen LogP contribution in [0.1, 0.15) is 22.3 Å². The number of rotatable bonds is 2. The maximum absolute atomic E-state index is 4.79. The molecule has 0 saturated carbocycles. The summed E-state index contributed by atoms with van der Waals surface area (Å²) in [6.07, 6.45) is 4.45. The minimum atomic E-state index is 1.04. The molecular weight excluding hydrogens is 290 g/mol. The van der Waals surface area contributed by atoms with Gasteiger partial charge in [-0.2, -0.15) is 0 Å². The third kappa shape index (κ3) is 2.59. The second-order valence-corrected chi connectivity index (χ2v) is 6.25. The molecule has 116 valence electrons. The number of para-hydroxylation sites is 2. The van der Waals surface area contributed by atoms with E-state index in [2.05, 4.69) is 80.6 Å². The number of aromatic nitrogens is 1. The van der Waals surface area contributed by atoms with Crippen molar-refractivity contribution >= 4 is 34.0 Å². The summed E-state index contributed by atoms with van der Waals surface area (Å²) >= 11 is 0. The van der Waals surface area contributed by atoms with Crippen molar-refractivity contribution in [3.8, 4) is 0 Å². The maximum atomic E-state index is 4.79. The van der Waals surface area contributed by atoms with E-state index in [9.17, 15) is 0 Å². The Labute approximate surface area is 142 Å². The fraction of sp³-hybridized carbons (Fsp3) is 0.0870. The first-order chi connectivity index (χ1) is 11.7. The predicted molar refractivity (Wildman–Crippen MR) is 104 cm³/mol. The molecule has 0 bridgehead atoms. The van der Waals surface area contributed by atoms with Gasteiger partial charge in [-0.05, 0) is 42.7 Å². The lowest BCUT2D eigenvalue weighted by Crippen LogP contribution is -1.88. The van der Waals surface area contributed by atoms with Crippen LogP contribution in [0.3, 0.4) is 0 Å². The van der Waals surface area contributed by atoms with E-state index in [1.165, 1.54) is 33.0 Å². The second kappa shape index (κ2) is 5.93. The standard InChI is InChI=1S/C23H19N/c1-16-11-12-17(2)18(15-16)13-14-19-20-7-3-5-9-22(20)24-23-10-6-4-8-21(19)23/h3-15H,1-2H3/b14-13-. The third-order valence-electron chi connectivity index (χ3n) is 4.49. The van der Waals surface area contributed by atoms with Crippen molar-refractivity contribution < 1.29 is 0 Å². The van der Waals surface area contributed by atoms with Gasteiger partial charge >= 0.3 is 0 Å². The van der Waals surface area contributed by atoms with Crippen LogP contribution in [-0.2, 0) is 0 Å². The predicted octanol–water partition coefficient (Wildman–Crippen LogP) is 6.18. The van der Waals surface area contributed by atoms with Gasteiger partial charge in [-0.15, -0.1) is 0 Å². The fourth-order valence-electron chi connectivity index (χ4n) is 3.16. The molecule has 24 heavy (non-hydrogen) atoms. The highest BCUT2D eigenvalue weighted by Crippen LogP contribution is 2.28. The monoisotopic (exact) mass is 309 g/mol.